The lowest BCUT2D eigenvalue weighted by atomic mass is 9.80. The monoisotopic (exact) mass is 370 g/mol. The van der Waals surface area contributed by atoms with Crippen molar-refractivity contribution in [3.05, 3.63) is 57.2 Å². The van der Waals surface area contributed by atoms with Crippen LogP contribution in [0, 0.1) is 11.3 Å². The van der Waals surface area contributed by atoms with E-state index in [0.717, 1.165) is 0 Å². The van der Waals surface area contributed by atoms with Crippen LogP contribution in [0.5, 0.6) is 0 Å². The maximum Gasteiger partial charge on any atom is 0.334 e. The number of nitrogens with zero attached hydrogens (tertiary/aromatic N) is 1. The number of aliphatic carboxylic acids is 2. The maximum absolute atomic E-state index is 11.9. The first kappa shape index (κ1) is 17.7. The molecule has 1 aliphatic heterocycles. The number of carbonyl (C=O) groups is 2. The van der Waals surface area contributed by atoms with Crippen LogP contribution in [0.25, 0.3) is 10.1 Å². The number of hydrogen-bond acceptors (Lipinski definition) is 6. The van der Waals surface area contributed by atoms with E-state index in [4.69, 9.17) is 0 Å². The van der Waals surface area contributed by atoms with Crippen molar-refractivity contribution in [2.45, 2.75) is 12.8 Å². The Balaban J connectivity index is 2.36. The van der Waals surface area contributed by atoms with E-state index in [1.54, 1.807) is 23.6 Å². The van der Waals surface area contributed by atoms with Crippen molar-refractivity contribution in [1.82, 2.24) is 5.32 Å². The second kappa shape index (κ2) is 6.63. The van der Waals surface area contributed by atoms with Gasteiger partial charge in [-0.2, -0.15) is 5.26 Å². The van der Waals surface area contributed by atoms with Gasteiger partial charge in [0.15, 0.2) is 0 Å². The Morgan fingerprint density at radius 1 is 1.27 bits per heavy atom. The van der Waals surface area contributed by atoms with E-state index in [-0.39, 0.29) is 22.5 Å². The molecule has 0 amide bonds. The summed E-state index contributed by atoms with van der Waals surface area (Å²) in [6, 6.07) is 7.14. The summed E-state index contributed by atoms with van der Waals surface area (Å²) in [5.74, 6) is -3.61. The van der Waals surface area contributed by atoms with Gasteiger partial charge in [-0.25, -0.2) is 9.59 Å². The SMILES string of the molecule is CC1=C(C(=O)O)C(c2csc3c(C#N)cccc23)C(C(=O)O)=C(CO)N1. The Hall–Kier alpha value is -3.15. The lowest BCUT2D eigenvalue weighted by molar-refractivity contribution is -0.133. The van der Waals surface area contributed by atoms with Crippen LogP contribution in [0.15, 0.2) is 46.1 Å². The van der Waals surface area contributed by atoms with E-state index in [1.165, 1.54) is 18.3 Å². The molecule has 1 aliphatic rings. The van der Waals surface area contributed by atoms with Crippen molar-refractivity contribution in [3.8, 4) is 6.07 Å². The highest BCUT2D eigenvalue weighted by Crippen LogP contribution is 2.43. The molecule has 1 aromatic heterocycles. The van der Waals surface area contributed by atoms with E-state index in [2.05, 4.69) is 11.4 Å². The zero-order valence-corrected chi connectivity index (χ0v) is 14.4. The van der Waals surface area contributed by atoms with Gasteiger partial charge in [-0.15, -0.1) is 11.3 Å². The van der Waals surface area contributed by atoms with Crippen LogP contribution in [0.4, 0.5) is 0 Å². The molecule has 7 nitrogen and oxygen atoms in total. The summed E-state index contributed by atoms with van der Waals surface area (Å²) < 4.78 is 0.668. The molecule has 2 aromatic rings. The minimum absolute atomic E-state index is 0.0563. The lowest BCUT2D eigenvalue weighted by Crippen LogP contribution is -2.33. The molecule has 3 rings (SSSR count). The fraction of sp³-hybridized carbons (Fsp3) is 0.167. The lowest BCUT2D eigenvalue weighted by Gasteiger charge is -2.29. The zero-order valence-electron chi connectivity index (χ0n) is 13.6. The van der Waals surface area contributed by atoms with Crippen LogP contribution in [0.2, 0.25) is 0 Å². The molecule has 1 unspecified atom stereocenters. The average molecular weight is 370 g/mol. The molecule has 0 radical (unpaired) electrons. The largest absolute Gasteiger partial charge is 0.478 e. The summed E-state index contributed by atoms with van der Waals surface area (Å²) in [6.45, 7) is 0.966. The maximum atomic E-state index is 11.9. The molecule has 4 N–H and O–H groups in total. The molecule has 8 heteroatoms. The average Bonchev–Trinajstić information content (AvgIpc) is 3.03. The number of allylic oxidation sites excluding steroid dienone is 1. The number of dihydropyridines is 1. The number of aliphatic hydroxyl groups is 1. The molecule has 0 fully saturated rings. The van der Waals surface area contributed by atoms with Gasteiger partial charge in [0, 0.05) is 5.70 Å². The van der Waals surface area contributed by atoms with Crippen LogP contribution in [0.3, 0.4) is 0 Å². The second-order valence-corrected chi connectivity index (χ2v) is 6.62. The molecule has 1 aromatic carbocycles. The molecule has 26 heavy (non-hydrogen) atoms. The molecule has 2 heterocycles. The number of rotatable bonds is 4. The molecular weight excluding hydrogens is 356 g/mol. The first-order valence-corrected chi connectivity index (χ1v) is 8.47. The molecular formula is C18H14N2O5S. The minimum atomic E-state index is -1.31. The molecule has 1 atom stereocenters. The van der Waals surface area contributed by atoms with Crippen molar-refractivity contribution in [2.75, 3.05) is 6.61 Å². The van der Waals surface area contributed by atoms with Crippen molar-refractivity contribution >= 4 is 33.4 Å². The molecule has 0 bridgehead atoms. The first-order valence-electron chi connectivity index (χ1n) is 7.59. The number of nitrogens with one attached hydrogen (secondary N) is 1. The van der Waals surface area contributed by atoms with E-state index < -0.39 is 24.5 Å². The normalized spacial score (nSPS) is 17.2. The Morgan fingerprint density at radius 2 is 1.96 bits per heavy atom. The number of carboxylic acid groups (broad SMARTS) is 2. The van der Waals surface area contributed by atoms with E-state index in [1.807, 2.05) is 0 Å². The third-order valence-electron chi connectivity index (χ3n) is 4.33. The number of benzene rings is 1. The van der Waals surface area contributed by atoms with E-state index in [9.17, 15) is 30.2 Å². The number of carboxylic acids is 2. The van der Waals surface area contributed by atoms with Gasteiger partial charge < -0.3 is 20.6 Å². The van der Waals surface area contributed by atoms with Gasteiger partial charge >= 0.3 is 11.9 Å². The first-order chi connectivity index (χ1) is 12.4. The van der Waals surface area contributed by atoms with Gasteiger partial charge in [0.25, 0.3) is 0 Å². The van der Waals surface area contributed by atoms with Gasteiger partial charge in [-0.3, -0.25) is 0 Å². The summed E-state index contributed by atoms with van der Waals surface area (Å²) in [6.07, 6.45) is 0. The number of thiophene rings is 1. The highest BCUT2D eigenvalue weighted by molar-refractivity contribution is 7.17. The zero-order chi connectivity index (χ0) is 19.0. The molecule has 0 aliphatic carbocycles. The van der Waals surface area contributed by atoms with Crippen LogP contribution >= 0.6 is 11.3 Å². The van der Waals surface area contributed by atoms with E-state index >= 15 is 0 Å². The van der Waals surface area contributed by atoms with Crippen LogP contribution in [0.1, 0.15) is 24.0 Å². The predicted molar refractivity (Wildman–Crippen MR) is 94.5 cm³/mol. The summed E-state index contributed by atoms with van der Waals surface area (Å²) in [7, 11) is 0. The highest BCUT2D eigenvalue weighted by Gasteiger charge is 2.38. The van der Waals surface area contributed by atoms with Crippen molar-refractivity contribution in [3.63, 3.8) is 0 Å². The summed E-state index contributed by atoms with van der Waals surface area (Å²) in [5, 5.41) is 43.2. The van der Waals surface area contributed by atoms with Crippen molar-refractivity contribution in [2.24, 2.45) is 0 Å². The smallest absolute Gasteiger partial charge is 0.334 e. The predicted octanol–water partition coefficient (Wildman–Crippen LogP) is 2.15. The van der Waals surface area contributed by atoms with Gasteiger partial charge in [0.2, 0.25) is 0 Å². The fourth-order valence-corrected chi connectivity index (χ4v) is 4.32. The Morgan fingerprint density at radius 3 is 2.54 bits per heavy atom. The second-order valence-electron chi connectivity index (χ2n) is 5.74. The van der Waals surface area contributed by atoms with Crippen molar-refractivity contribution in [1.29, 1.82) is 5.26 Å². The standard InChI is InChI=1S/C18H14N2O5S/c1-8-13(17(22)23)14(15(18(24)25)12(6-21)20-8)11-7-26-16-9(5-19)3-2-4-10(11)16/h2-4,7,14,20-21H,6H2,1H3,(H,22,23)(H,24,25). The van der Waals surface area contributed by atoms with Crippen LogP contribution in [-0.4, -0.2) is 33.9 Å². The summed E-state index contributed by atoms with van der Waals surface area (Å²) in [4.78, 5) is 23.8. The third-order valence-corrected chi connectivity index (χ3v) is 5.37. The van der Waals surface area contributed by atoms with E-state index in [0.29, 0.717) is 21.2 Å². The van der Waals surface area contributed by atoms with Gasteiger partial charge in [-0.1, -0.05) is 12.1 Å². The summed E-state index contributed by atoms with van der Waals surface area (Å²) in [5.41, 5.74) is 0.949. The van der Waals surface area contributed by atoms with Gasteiger partial charge in [0.1, 0.15) is 6.07 Å². The third kappa shape index (κ3) is 2.63. The number of nitriles is 1. The highest BCUT2D eigenvalue weighted by atomic mass is 32.1. The van der Waals surface area contributed by atoms with Gasteiger partial charge in [0.05, 0.1) is 39.6 Å². The van der Waals surface area contributed by atoms with Crippen LogP contribution in [-0.2, 0) is 9.59 Å². The molecule has 0 spiro atoms. The molecule has 0 saturated carbocycles. The minimum Gasteiger partial charge on any atom is -0.478 e. The number of fused-ring (bicyclic) bond motifs is 1. The molecule has 0 saturated heterocycles. The molecule has 132 valence electrons. The number of aliphatic hydroxyl groups excluding tert-OH is 1. The number of hydrogen-bond donors (Lipinski definition) is 4. The quantitative estimate of drug-likeness (QED) is 0.648. The van der Waals surface area contributed by atoms with Gasteiger partial charge in [-0.05, 0) is 29.3 Å². The van der Waals surface area contributed by atoms with Crippen molar-refractivity contribution < 1.29 is 24.9 Å². The topological polar surface area (TPSA) is 131 Å². The fourth-order valence-electron chi connectivity index (χ4n) is 3.26. The Labute approximate surface area is 152 Å². The Kier molecular flexibility index (Phi) is 4.50. The summed E-state index contributed by atoms with van der Waals surface area (Å²) >= 11 is 1.26. The van der Waals surface area contributed by atoms with Crippen LogP contribution < -0.4 is 5.32 Å². The Bertz CT molecular complexity index is 1040.